The molecule has 0 spiro atoms. The first-order valence-electron chi connectivity index (χ1n) is 8.57. The van der Waals surface area contributed by atoms with Gasteiger partial charge in [-0.15, -0.1) is 0 Å². The predicted octanol–water partition coefficient (Wildman–Crippen LogP) is 3.57. The normalized spacial score (nSPS) is 16.1. The van der Waals surface area contributed by atoms with Gasteiger partial charge in [0.2, 0.25) is 0 Å². The third-order valence-electron chi connectivity index (χ3n) is 4.35. The average Bonchev–Trinajstić information content (AvgIpc) is 3.08. The van der Waals surface area contributed by atoms with Gasteiger partial charge in [-0.25, -0.2) is 0 Å². The van der Waals surface area contributed by atoms with Crippen molar-refractivity contribution in [1.29, 1.82) is 0 Å². The number of carbonyl (C=O) groups is 2. The molecule has 27 heavy (non-hydrogen) atoms. The van der Waals surface area contributed by atoms with Crippen LogP contribution in [0.3, 0.4) is 0 Å². The molecule has 140 valence electrons. The van der Waals surface area contributed by atoms with Crippen molar-refractivity contribution in [3.05, 3.63) is 53.6 Å². The van der Waals surface area contributed by atoms with Gasteiger partial charge in [-0.05, 0) is 37.3 Å². The number of benzene rings is 2. The van der Waals surface area contributed by atoms with Crippen LogP contribution in [0.4, 0.5) is 17.1 Å². The number of para-hydroxylation sites is 1. The molecule has 2 aromatic rings. The lowest BCUT2D eigenvalue weighted by Crippen LogP contribution is -2.33. The number of Topliss-reactive ketones (excluding diaryl/α,β-unsaturated/α-hetero) is 1. The van der Waals surface area contributed by atoms with Crippen molar-refractivity contribution >= 4 is 46.1 Å². The van der Waals surface area contributed by atoms with E-state index in [0.29, 0.717) is 16.4 Å². The number of nitrogens with one attached hydrogen (secondary N) is 1. The van der Waals surface area contributed by atoms with Gasteiger partial charge in [0.05, 0.1) is 16.4 Å². The predicted molar refractivity (Wildman–Crippen MR) is 110 cm³/mol. The molecule has 1 aliphatic heterocycles. The summed E-state index contributed by atoms with van der Waals surface area (Å²) in [7, 11) is 3.79. The molecule has 3 rings (SSSR count). The van der Waals surface area contributed by atoms with Gasteiger partial charge in [0.1, 0.15) is 11.8 Å². The van der Waals surface area contributed by atoms with Gasteiger partial charge in [0.25, 0.3) is 5.91 Å². The van der Waals surface area contributed by atoms with Gasteiger partial charge >= 0.3 is 0 Å². The minimum Gasteiger partial charge on any atom is -0.376 e. The van der Waals surface area contributed by atoms with Gasteiger partial charge in [-0.2, -0.15) is 5.10 Å². The standard InChI is InChI=1S/C20H21ClN4O2/c1-13(26)19-12-17(23-25(19)15-7-5-4-6-8-15)20(27)22-14-9-10-18(24(2)3)16(21)11-14/h4-11,19H,12H2,1-3H3,(H,22,27). The number of nitrogens with zero attached hydrogens (tertiary/aromatic N) is 3. The quantitative estimate of drug-likeness (QED) is 0.855. The summed E-state index contributed by atoms with van der Waals surface area (Å²) >= 11 is 6.26. The molecule has 0 bridgehead atoms. The summed E-state index contributed by atoms with van der Waals surface area (Å²) < 4.78 is 0. The number of ketones is 1. The molecule has 7 heteroatoms. The fourth-order valence-electron chi connectivity index (χ4n) is 2.93. The lowest BCUT2D eigenvalue weighted by atomic mass is 10.1. The third kappa shape index (κ3) is 4.11. The van der Waals surface area contributed by atoms with Crippen molar-refractivity contribution in [2.45, 2.75) is 19.4 Å². The van der Waals surface area contributed by atoms with E-state index in [-0.39, 0.29) is 18.1 Å². The molecule has 2 aromatic carbocycles. The second kappa shape index (κ2) is 7.80. The summed E-state index contributed by atoms with van der Waals surface area (Å²) in [5.74, 6) is -0.378. The van der Waals surface area contributed by atoms with E-state index in [9.17, 15) is 9.59 Å². The van der Waals surface area contributed by atoms with Crippen molar-refractivity contribution < 1.29 is 9.59 Å². The van der Waals surface area contributed by atoms with Gasteiger partial charge in [0.15, 0.2) is 5.78 Å². The van der Waals surface area contributed by atoms with Crippen LogP contribution in [0.2, 0.25) is 5.02 Å². The van der Waals surface area contributed by atoms with Crippen molar-refractivity contribution in [2.24, 2.45) is 5.10 Å². The van der Waals surface area contributed by atoms with E-state index in [1.165, 1.54) is 6.92 Å². The van der Waals surface area contributed by atoms with Crippen LogP contribution in [0.5, 0.6) is 0 Å². The molecule has 1 amide bonds. The van der Waals surface area contributed by atoms with Crippen LogP contribution in [-0.2, 0) is 9.59 Å². The smallest absolute Gasteiger partial charge is 0.271 e. The van der Waals surface area contributed by atoms with Gasteiger partial charge in [-0.1, -0.05) is 29.8 Å². The number of hydrogen-bond acceptors (Lipinski definition) is 5. The Morgan fingerprint density at radius 2 is 1.89 bits per heavy atom. The Balaban J connectivity index is 1.80. The number of anilines is 3. The Morgan fingerprint density at radius 3 is 2.48 bits per heavy atom. The zero-order valence-electron chi connectivity index (χ0n) is 15.4. The molecule has 1 heterocycles. The summed E-state index contributed by atoms with van der Waals surface area (Å²) in [5.41, 5.74) is 2.53. The van der Waals surface area contributed by atoms with Crippen LogP contribution < -0.4 is 15.2 Å². The zero-order valence-corrected chi connectivity index (χ0v) is 16.2. The van der Waals surface area contributed by atoms with Crippen molar-refractivity contribution in [3.8, 4) is 0 Å². The van der Waals surface area contributed by atoms with Crippen LogP contribution in [0, 0.1) is 0 Å². The van der Waals surface area contributed by atoms with E-state index >= 15 is 0 Å². The van der Waals surface area contributed by atoms with E-state index < -0.39 is 6.04 Å². The van der Waals surface area contributed by atoms with E-state index in [0.717, 1.165) is 11.4 Å². The summed E-state index contributed by atoms with van der Waals surface area (Å²) in [6.07, 6.45) is 0.263. The summed E-state index contributed by atoms with van der Waals surface area (Å²) in [6.45, 7) is 1.51. The van der Waals surface area contributed by atoms with Crippen molar-refractivity contribution in [3.63, 3.8) is 0 Å². The Hall–Kier alpha value is -2.86. The summed E-state index contributed by atoms with van der Waals surface area (Å²) in [5, 5.41) is 9.36. The average molecular weight is 385 g/mol. The molecule has 1 unspecified atom stereocenters. The minimum absolute atomic E-state index is 0.0382. The largest absolute Gasteiger partial charge is 0.376 e. The number of rotatable bonds is 5. The Morgan fingerprint density at radius 1 is 1.19 bits per heavy atom. The Kier molecular flexibility index (Phi) is 5.46. The van der Waals surface area contributed by atoms with E-state index in [1.54, 1.807) is 17.1 Å². The Bertz CT molecular complexity index is 896. The fourth-order valence-corrected chi connectivity index (χ4v) is 3.28. The van der Waals surface area contributed by atoms with Crippen molar-refractivity contribution in [1.82, 2.24) is 0 Å². The highest BCUT2D eigenvalue weighted by Gasteiger charge is 2.34. The van der Waals surface area contributed by atoms with Crippen LogP contribution >= 0.6 is 11.6 Å². The molecule has 1 N–H and O–H groups in total. The van der Waals surface area contributed by atoms with Gasteiger partial charge < -0.3 is 10.2 Å². The number of hydrogen-bond donors (Lipinski definition) is 1. The SMILES string of the molecule is CC(=O)C1CC(C(=O)Nc2ccc(N(C)C)c(Cl)c2)=NN1c1ccccc1. The molecule has 0 saturated carbocycles. The molecule has 0 saturated heterocycles. The first-order valence-corrected chi connectivity index (χ1v) is 8.95. The maximum atomic E-state index is 12.7. The number of halogens is 1. The number of hydrazone groups is 1. The van der Waals surface area contributed by atoms with Crippen LogP contribution in [0.1, 0.15) is 13.3 Å². The molecule has 0 aliphatic carbocycles. The summed E-state index contributed by atoms with van der Waals surface area (Å²) in [4.78, 5) is 26.6. The fraction of sp³-hybridized carbons (Fsp3) is 0.250. The molecule has 6 nitrogen and oxygen atoms in total. The van der Waals surface area contributed by atoms with Crippen molar-refractivity contribution in [2.75, 3.05) is 29.3 Å². The van der Waals surface area contributed by atoms with E-state index in [1.807, 2.05) is 55.4 Å². The van der Waals surface area contributed by atoms with Crippen LogP contribution in [0.25, 0.3) is 0 Å². The third-order valence-corrected chi connectivity index (χ3v) is 4.65. The minimum atomic E-state index is -0.479. The van der Waals surface area contributed by atoms with Crippen LogP contribution in [0.15, 0.2) is 53.6 Å². The number of carbonyl (C=O) groups excluding carboxylic acids is 2. The highest BCUT2D eigenvalue weighted by atomic mass is 35.5. The van der Waals surface area contributed by atoms with Crippen LogP contribution in [-0.4, -0.2) is 37.5 Å². The molecule has 1 aliphatic rings. The highest BCUT2D eigenvalue weighted by Crippen LogP contribution is 2.28. The first kappa shape index (κ1) is 18.9. The number of amides is 1. The Labute approximate surface area is 163 Å². The monoisotopic (exact) mass is 384 g/mol. The second-order valence-corrected chi connectivity index (χ2v) is 6.98. The lowest BCUT2D eigenvalue weighted by Gasteiger charge is -2.20. The van der Waals surface area contributed by atoms with E-state index in [2.05, 4.69) is 10.4 Å². The van der Waals surface area contributed by atoms with E-state index in [4.69, 9.17) is 11.6 Å². The van der Waals surface area contributed by atoms with Gasteiger partial charge in [-0.3, -0.25) is 14.6 Å². The topological polar surface area (TPSA) is 65.0 Å². The molecular weight excluding hydrogens is 364 g/mol. The maximum absolute atomic E-state index is 12.7. The molecule has 0 fully saturated rings. The summed E-state index contributed by atoms with van der Waals surface area (Å²) in [6, 6.07) is 14.2. The zero-order chi connectivity index (χ0) is 19.6. The molecule has 0 aromatic heterocycles. The molecular formula is C20H21ClN4O2. The highest BCUT2D eigenvalue weighted by molar-refractivity contribution is 6.44. The first-order chi connectivity index (χ1) is 12.9. The molecule has 0 radical (unpaired) electrons. The second-order valence-electron chi connectivity index (χ2n) is 6.57. The maximum Gasteiger partial charge on any atom is 0.271 e. The van der Waals surface area contributed by atoms with Gasteiger partial charge in [0, 0.05) is 26.2 Å². The molecule has 1 atom stereocenters. The lowest BCUT2D eigenvalue weighted by molar-refractivity contribution is -0.118.